The smallest absolute Gasteiger partial charge is 0.254 e. The lowest BCUT2D eigenvalue weighted by atomic mass is 9.82. The maximum Gasteiger partial charge on any atom is 0.254 e. The van der Waals surface area contributed by atoms with Gasteiger partial charge in [0.15, 0.2) is 0 Å². The third kappa shape index (κ3) is 3.56. The molecule has 4 fully saturated rings. The van der Waals surface area contributed by atoms with Gasteiger partial charge in [0.25, 0.3) is 5.91 Å². The van der Waals surface area contributed by atoms with Crippen molar-refractivity contribution in [1.29, 1.82) is 5.26 Å². The van der Waals surface area contributed by atoms with Crippen molar-refractivity contribution in [3.8, 4) is 6.07 Å². The van der Waals surface area contributed by atoms with Gasteiger partial charge in [-0.25, -0.2) is 0 Å². The quantitative estimate of drug-likeness (QED) is 0.766. The van der Waals surface area contributed by atoms with Crippen molar-refractivity contribution in [3.05, 3.63) is 35.9 Å². The van der Waals surface area contributed by atoms with Crippen LogP contribution in [0.3, 0.4) is 0 Å². The summed E-state index contributed by atoms with van der Waals surface area (Å²) in [7, 11) is 0. The Kier molecular flexibility index (Phi) is 4.65. The molecule has 1 amide bonds. The molecule has 1 aromatic rings. The fraction of sp³-hybridized carbons (Fsp3) is 0.652. The average molecular weight is 395 g/mol. The van der Waals surface area contributed by atoms with Crippen LogP contribution in [0.15, 0.2) is 30.3 Å². The van der Waals surface area contributed by atoms with E-state index in [2.05, 4.69) is 46.6 Å². The Balaban J connectivity index is 1.12. The van der Waals surface area contributed by atoms with Crippen LogP contribution >= 0.6 is 0 Å². The largest absolute Gasteiger partial charge is 0.380 e. The Morgan fingerprint density at radius 1 is 1.21 bits per heavy atom. The first-order valence-electron chi connectivity index (χ1n) is 11.0. The molecule has 2 N–H and O–H groups in total. The Morgan fingerprint density at radius 3 is 2.52 bits per heavy atom. The molecule has 6 nitrogen and oxygen atoms in total. The van der Waals surface area contributed by atoms with E-state index in [4.69, 9.17) is 0 Å². The number of carbonyl (C=O) groups is 1. The molecule has 0 bridgehead atoms. The molecule has 1 aromatic carbocycles. The summed E-state index contributed by atoms with van der Waals surface area (Å²) in [4.78, 5) is 16.6. The zero-order chi connectivity index (χ0) is 20.1. The van der Waals surface area contributed by atoms with Crippen LogP contribution in [-0.4, -0.2) is 70.2 Å². The van der Waals surface area contributed by atoms with Gasteiger partial charge in [0, 0.05) is 44.2 Å². The predicted molar refractivity (Wildman–Crippen MR) is 109 cm³/mol. The zero-order valence-corrected chi connectivity index (χ0v) is 16.9. The minimum Gasteiger partial charge on any atom is -0.380 e. The first kappa shape index (κ1) is 19.0. The molecular formula is C23H30N4O2. The van der Waals surface area contributed by atoms with E-state index < -0.39 is 5.60 Å². The molecule has 29 heavy (non-hydrogen) atoms. The molecule has 0 radical (unpaired) electrons. The molecule has 0 spiro atoms. The van der Waals surface area contributed by atoms with Crippen molar-refractivity contribution in [2.75, 3.05) is 26.2 Å². The molecule has 2 saturated carbocycles. The van der Waals surface area contributed by atoms with Crippen LogP contribution in [0, 0.1) is 11.3 Å². The summed E-state index contributed by atoms with van der Waals surface area (Å²) in [6, 6.07) is 14.2. The van der Waals surface area contributed by atoms with Crippen molar-refractivity contribution in [2.24, 2.45) is 0 Å². The summed E-state index contributed by atoms with van der Waals surface area (Å²) in [5.41, 5.74) is 0.120. The average Bonchev–Trinajstić information content (AvgIpc) is 3.63. The topological polar surface area (TPSA) is 79.6 Å². The minimum atomic E-state index is -1.10. The lowest BCUT2D eigenvalue weighted by Crippen LogP contribution is -2.73. The van der Waals surface area contributed by atoms with Crippen LogP contribution in [-0.2, 0) is 4.79 Å². The molecule has 2 atom stereocenters. The van der Waals surface area contributed by atoms with Gasteiger partial charge in [0.2, 0.25) is 0 Å². The number of nitrogens with one attached hydrogen (secondary N) is 1. The van der Waals surface area contributed by atoms with Crippen LogP contribution < -0.4 is 5.32 Å². The van der Waals surface area contributed by atoms with E-state index in [1.54, 1.807) is 4.90 Å². The maximum absolute atomic E-state index is 12.4. The maximum atomic E-state index is 12.4. The SMILES string of the molecule is N#CCC1(N2CCC(N[C@@H]3C[C@H]3c3ccccc3)CC2)CN(C(=O)C2(O)CC2)C1. The number of rotatable bonds is 6. The Morgan fingerprint density at radius 2 is 1.90 bits per heavy atom. The van der Waals surface area contributed by atoms with Crippen LogP contribution in [0.2, 0.25) is 0 Å². The molecule has 6 heteroatoms. The van der Waals surface area contributed by atoms with E-state index in [1.807, 2.05) is 0 Å². The summed E-state index contributed by atoms with van der Waals surface area (Å²) in [5, 5.41) is 23.3. The summed E-state index contributed by atoms with van der Waals surface area (Å²) in [6.07, 6.45) is 5.01. The molecule has 5 rings (SSSR count). The number of hydrogen-bond acceptors (Lipinski definition) is 5. The van der Waals surface area contributed by atoms with Crippen LogP contribution in [0.1, 0.15) is 50.0 Å². The second-order valence-electron chi connectivity index (χ2n) is 9.54. The van der Waals surface area contributed by atoms with Crippen LogP contribution in [0.4, 0.5) is 0 Å². The summed E-state index contributed by atoms with van der Waals surface area (Å²) < 4.78 is 0. The molecule has 0 aromatic heterocycles. The van der Waals surface area contributed by atoms with E-state index in [1.165, 1.54) is 12.0 Å². The van der Waals surface area contributed by atoms with E-state index in [0.29, 0.717) is 50.4 Å². The molecule has 4 aliphatic rings. The highest BCUT2D eigenvalue weighted by atomic mass is 16.3. The first-order valence-corrected chi connectivity index (χ1v) is 11.0. The van der Waals surface area contributed by atoms with Crippen molar-refractivity contribution in [2.45, 2.75) is 67.7 Å². The molecular weight excluding hydrogens is 364 g/mol. The van der Waals surface area contributed by atoms with Crippen molar-refractivity contribution < 1.29 is 9.90 Å². The number of piperidine rings is 1. The van der Waals surface area contributed by atoms with Gasteiger partial charge in [-0.2, -0.15) is 5.26 Å². The van der Waals surface area contributed by atoms with Gasteiger partial charge in [-0.05, 0) is 37.7 Å². The van der Waals surface area contributed by atoms with E-state index in [9.17, 15) is 15.2 Å². The Labute approximate surface area is 172 Å². The summed E-state index contributed by atoms with van der Waals surface area (Å²) in [6.45, 7) is 3.10. The second-order valence-corrected chi connectivity index (χ2v) is 9.54. The molecule has 2 heterocycles. The van der Waals surface area contributed by atoms with Gasteiger partial charge < -0.3 is 15.3 Å². The fourth-order valence-corrected chi connectivity index (χ4v) is 5.28. The molecule has 2 aliphatic heterocycles. The lowest BCUT2D eigenvalue weighted by molar-refractivity contribution is -0.158. The summed E-state index contributed by atoms with van der Waals surface area (Å²) in [5.74, 6) is 0.516. The predicted octanol–water partition coefficient (Wildman–Crippen LogP) is 1.62. The van der Waals surface area contributed by atoms with E-state index in [0.717, 1.165) is 25.9 Å². The zero-order valence-electron chi connectivity index (χ0n) is 16.9. The Hall–Kier alpha value is -1.94. The van der Waals surface area contributed by atoms with Crippen molar-refractivity contribution >= 4 is 5.91 Å². The lowest BCUT2D eigenvalue weighted by Gasteiger charge is -2.57. The molecule has 0 unspecified atom stereocenters. The van der Waals surface area contributed by atoms with E-state index >= 15 is 0 Å². The van der Waals surface area contributed by atoms with Crippen molar-refractivity contribution in [1.82, 2.24) is 15.1 Å². The highest BCUT2D eigenvalue weighted by molar-refractivity contribution is 5.88. The number of nitrogens with zero attached hydrogens (tertiary/aromatic N) is 3. The number of carbonyl (C=O) groups excluding carboxylic acids is 1. The highest BCUT2D eigenvalue weighted by Crippen LogP contribution is 2.43. The minimum absolute atomic E-state index is 0.136. The van der Waals surface area contributed by atoms with Gasteiger partial charge in [-0.1, -0.05) is 30.3 Å². The first-order chi connectivity index (χ1) is 14.0. The van der Waals surface area contributed by atoms with E-state index in [-0.39, 0.29) is 11.4 Å². The molecule has 2 saturated heterocycles. The fourth-order valence-electron chi connectivity index (χ4n) is 5.28. The van der Waals surface area contributed by atoms with Gasteiger partial charge in [-0.3, -0.25) is 9.69 Å². The Bertz CT molecular complexity index is 802. The molecule has 2 aliphatic carbocycles. The van der Waals surface area contributed by atoms with Gasteiger partial charge >= 0.3 is 0 Å². The van der Waals surface area contributed by atoms with Crippen LogP contribution in [0.25, 0.3) is 0 Å². The number of aliphatic hydroxyl groups is 1. The number of nitriles is 1. The highest BCUT2D eigenvalue weighted by Gasteiger charge is 2.57. The standard InChI is InChI=1S/C23H30N4O2/c24-11-10-22(15-26(16-22)21(28)23(29)8-9-23)27-12-6-18(7-13-27)25-20-14-19(20)17-4-2-1-3-5-17/h1-5,18-20,25,29H,6-10,12-16H2/t19-,20+/m0/s1. The van der Waals surface area contributed by atoms with Gasteiger partial charge in [0.1, 0.15) is 5.60 Å². The molecule has 154 valence electrons. The van der Waals surface area contributed by atoms with Gasteiger partial charge in [0.05, 0.1) is 18.0 Å². The number of amides is 1. The third-order valence-corrected chi connectivity index (χ3v) is 7.42. The number of likely N-dealkylation sites (tertiary alicyclic amines) is 2. The number of benzene rings is 1. The monoisotopic (exact) mass is 394 g/mol. The van der Waals surface area contributed by atoms with Crippen molar-refractivity contribution in [3.63, 3.8) is 0 Å². The van der Waals surface area contributed by atoms with Gasteiger partial charge in [-0.15, -0.1) is 0 Å². The number of hydrogen-bond donors (Lipinski definition) is 2. The van der Waals surface area contributed by atoms with Crippen LogP contribution in [0.5, 0.6) is 0 Å². The summed E-state index contributed by atoms with van der Waals surface area (Å²) >= 11 is 0. The normalized spacial score (nSPS) is 30.3. The second kappa shape index (κ2) is 7.09. The third-order valence-electron chi connectivity index (χ3n) is 7.42.